The molecule has 0 atom stereocenters. The van der Waals surface area contributed by atoms with Gasteiger partial charge in [-0.15, -0.1) is 0 Å². The largest absolute Gasteiger partial charge is 3.00 e. The second-order valence-electron chi connectivity index (χ2n) is 8.36. The summed E-state index contributed by atoms with van der Waals surface area (Å²) >= 11 is 0. The van der Waals surface area contributed by atoms with Crippen LogP contribution in [-0.2, 0) is 0 Å². The van der Waals surface area contributed by atoms with Crippen molar-refractivity contribution in [3.63, 3.8) is 0 Å². The molecular formula is C33H39InO12. The molecule has 0 radical (unpaired) electrons. The Morgan fingerprint density at radius 2 is 0.652 bits per heavy atom. The molecule has 0 aliphatic rings. The molecule has 0 aliphatic carbocycles. The standard InChI is InChI=1S/3C11H14O4.In/c3*1-3-14-9-7-5-6-8(11(12)13)10(9)15-4-2;/h3*5-7H,3-4H2,1-2H3,(H,12,13);/q;;;+3/p-3. The van der Waals surface area contributed by atoms with Gasteiger partial charge in [0, 0.05) is 16.7 Å². The van der Waals surface area contributed by atoms with Crippen LogP contribution in [0.3, 0.4) is 0 Å². The van der Waals surface area contributed by atoms with Crippen molar-refractivity contribution >= 4 is 43.8 Å². The Morgan fingerprint density at radius 3 is 0.826 bits per heavy atom. The Bertz CT molecular complexity index is 1210. The molecule has 46 heavy (non-hydrogen) atoms. The third-order valence-corrected chi connectivity index (χ3v) is 5.36. The molecule has 0 spiro atoms. The predicted octanol–water partition coefficient (Wildman–Crippen LogP) is 2.16. The van der Waals surface area contributed by atoms with Gasteiger partial charge in [-0.1, -0.05) is 18.2 Å². The Kier molecular flexibility index (Phi) is 21.0. The van der Waals surface area contributed by atoms with E-state index >= 15 is 0 Å². The quantitative estimate of drug-likeness (QED) is 0.222. The minimum absolute atomic E-state index is 0. The maximum Gasteiger partial charge on any atom is 3.00 e. The van der Waals surface area contributed by atoms with Crippen molar-refractivity contribution in [2.45, 2.75) is 41.5 Å². The van der Waals surface area contributed by atoms with E-state index in [1.807, 2.05) is 20.8 Å². The molecule has 0 saturated heterocycles. The molecule has 3 rings (SSSR count). The number of carboxylic acid groups (broad SMARTS) is 3. The number of para-hydroxylation sites is 3. The summed E-state index contributed by atoms with van der Waals surface area (Å²) in [5.41, 5.74) is 0.0494. The Labute approximate surface area is 287 Å². The number of rotatable bonds is 15. The first-order valence-corrected chi connectivity index (χ1v) is 14.4. The summed E-state index contributed by atoms with van der Waals surface area (Å²) in [4.78, 5) is 32.4. The van der Waals surface area contributed by atoms with Gasteiger partial charge in [0.2, 0.25) is 0 Å². The fourth-order valence-corrected chi connectivity index (χ4v) is 3.72. The van der Waals surface area contributed by atoms with E-state index in [1.54, 1.807) is 57.2 Å². The van der Waals surface area contributed by atoms with E-state index < -0.39 is 17.9 Å². The number of ether oxygens (including phenoxy) is 6. The Morgan fingerprint density at radius 1 is 0.435 bits per heavy atom. The number of benzene rings is 3. The van der Waals surface area contributed by atoms with Crippen LogP contribution in [0.4, 0.5) is 0 Å². The average Bonchev–Trinajstić information content (AvgIpc) is 3.00. The van der Waals surface area contributed by atoms with Crippen LogP contribution in [0.25, 0.3) is 0 Å². The topological polar surface area (TPSA) is 176 Å². The number of hydrogen-bond acceptors (Lipinski definition) is 12. The third kappa shape index (κ3) is 13.0. The van der Waals surface area contributed by atoms with Crippen molar-refractivity contribution < 1.29 is 58.1 Å². The summed E-state index contributed by atoms with van der Waals surface area (Å²) in [5.74, 6) is -1.78. The van der Waals surface area contributed by atoms with Gasteiger partial charge in [0.1, 0.15) is 0 Å². The molecule has 0 amide bonds. The SMILES string of the molecule is CCOc1cccc(C(=O)[O-])c1OCC.CCOc1cccc(C(=O)[O-])c1OCC.CCOc1cccc(C(=O)[O-])c1OCC.[In+3]. The van der Waals surface area contributed by atoms with Crippen LogP contribution in [-0.4, -0.2) is 83.4 Å². The van der Waals surface area contributed by atoms with Crippen molar-refractivity contribution in [3.05, 3.63) is 71.3 Å². The number of hydrogen-bond donors (Lipinski definition) is 0. The van der Waals surface area contributed by atoms with Crippen LogP contribution in [0.5, 0.6) is 34.5 Å². The summed E-state index contributed by atoms with van der Waals surface area (Å²) in [6, 6.07) is 14.1. The van der Waals surface area contributed by atoms with Gasteiger partial charge >= 0.3 is 25.8 Å². The van der Waals surface area contributed by atoms with Gasteiger partial charge in [0.25, 0.3) is 0 Å². The first-order valence-electron chi connectivity index (χ1n) is 14.4. The molecule has 13 heteroatoms. The van der Waals surface area contributed by atoms with Crippen molar-refractivity contribution in [1.82, 2.24) is 0 Å². The molecule has 12 nitrogen and oxygen atoms in total. The van der Waals surface area contributed by atoms with E-state index in [4.69, 9.17) is 28.4 Å². The fraction of sp³-hybridized carbons (Fsp3) is 0.364. The van der Waals surface area contributed by atoms with Crippen LogP contribution in [0.1, 0.15) is 72.6 Å². The molecule has 246 valence electrons. The molecular weight excluding hydrogens is 703 g/mol. The molecule has 0 saturated carbocycles. The molecule has 3 aromatic carbocycles. The Balaban J connectivity index is 0.000000653. The molecule has 0 aliphatic heterocycles. The summed E-state index contributed by atoms with van der Waals surface area (Å²) in [6.45, 7) is 13.3. The summed E-state index contributed by atoms with van der Waals surface area (Å²) in [5, 5.41) is 32.4. The molecule has 0 fully saturated rings. The minimum Gasteiger partial charge on any atom is -0.545 e. The van der Waals surface area contributed by atoms with E-state index in [-0.39, 0.29) is 59.8 Å². The third-order valence-electron chi connectivity index (χ3n) is 5.36. The zero-order chi connectivity index (χ0) is 33.8. The maximum absolute atomic E-state index is 10.8. The first-order chi connectivity index (χ1) is 21.6. The van der Waals surface area contributed by atoms with Crippen LogP contribution in [0, 0.1) is 0 Å². The van der Waals surface area contributed by atoms with Crippen LogP contribution >= 0.6 is 0 Å². The molecule has 0 bridgehead atoms. The molecule has 0 unspecified atom stereocenters. The fourth-order valence-electron chi connectivity index (χ4n) is 3.72. The van der Waals surface area contributed by atoms with E-state index in [2.05, 4.69) is 0 Å². The summed E-state index contributed by atoms with van der Waals surface area (Å²) in [7, 11) is 0. The normalized spacial score (nSPS) is 9.52. The average molecular weight is 742 g/mol. The van der Waals surface area contributed by atoms with E-state index in [9.17, 15) is 29.7 Å². The van der Waals surface area contributed by atoms with Gasteiger partial charge in [-0.25, -0.2) is 0 Å². The Hall–Kier alpha value is -4.26. The monoisotopic (exact) mass is 742 g/mol. The van der Waals surface area contributed by atoms with Crippen molar-refractivity contribution in [3.8, 4) is 34.5 Å². The van der Waals surface area contributed by atoms with Gasteiger partial charge in [0.15, 0.2) is 34.5 Å². The zero-order valence-corrected chi connectivity index (χ0v) is 30.2. The van der Waals surface area contributed by atoms with Crippen molar-refractivity contribution in [2.24, 2.45) is 0 Å². The number of carbonyl (C=O) groups is 3. The van der Waals surface area contributed by atoms with Gasteiger partial charge < -0.3 is 58.1 Å². The second-order valence-corrected chi connectivity index (χ2v) is 8.36. The number of aromatic carboxylic acids is 3. The predicted molar refractivity (Wildman–Crippen MR) is 165 cm³/mol. The van der Waals surface area contributed by atoms with E-state index in [0.29, 0.717) is 56.9 Å². The smallest absolute Gasteiger partial charge is 0.545 e. The van der Waals surface area contributed by atoms with Crippen LogP contribution < -0.4 is 43.7 Å². The summed E-state index contributed by atoms with van der Waals surface area (Å²) < 4.78 is 31.5. The summed E-state index contributed by atoms with van der Waals surface area (Å²) in [6.07, 6.45) is 0. The maximum atomic E-state index is 10.8. The first kappa shape index (κ1) is 41.7. The van der Waals surface area contributed by atoms with Crippen molar-refractivity contribution in [1.29, 1.82) is 0 Å². The van der Waals surface area contributed by atoms with E-state index in [0.717, 1.165) is 0 Å². The second kappa shape index (κ2) is 23.1. The van der Waals surface area contributed by atoms with Crippen LogP contribution in [0.2, 0.25) is 0 Å². The number of carbonyl (C=O) groups excluding carboxylic acids is 3. The van der Waals surface area contributed by atoms with E-state index in [1.165, 1.54) is 18.2 Å². The zero-order valence-electron chi connectivity index (χ0n) is 26.9. The molecule has 0 aromatic heterocycles. The van der Waals surface area contributed by atoms with Gasteiger partial charge in [-0.05, 0) is 77.9 Å². The minimum atomic E-state index is -1.26. The van der Waals surface area contributed by atoms with Gasteiger partial charge in [0.05, 0.1) is 57.5 Å². The number of carboxylic acids is 3. The molecule has 3 aromatic rings. The van der Waals surface area contributed by atoms with Gasteiger partial charge in [-0.2, -0.15) is 0 Å². The van der Waals surface area contributed by atoms with Gasteiger partial charge in [-0.3, -0.25) is 0 Å². The molecule has 0 heterocycles. The van der Waals surface area contributed by atoms with Crippen molar-refractivity contribution in [2.75, 3.05) is 39.6 Å². The molecule has 0 N–H and O–H groups in total. The van der Waals surface area contributed by atoms with Crippen LogP contribution in [0.15, 0.2) is 54.6 Å².